The van der Waals surface area contributed by atoms with Crippen molar-refractivity contribution in [2.45, 2.75) is 23.0 Å². The van der Waals surface area contributed by atoms with Crippen LogP contribution in [0.4, 0.5) is 11.5 Å². The molecule has 2 aromatic heterocycles. The Morgan fingerprint density at radius 2 is 2.10 bits per heavy atom. The predicted molar refractivity (Wildman–Crippen MR) is 114 cm³/mol. The first kappa shape index (κ1) is 19.7. The second-order valence-corrected chi connectivity index (χ2v) is 9.83. The minimum Gasteiger partial charge on any atom is -0.395 e. The van der Waals surface area contributed by atoms with Crippen molar-refractivity contribution in [2.24, 2.45) is 0 Å². The molecule has 0 unspecified atom stereocenters. The van der Waals surface area contributed by atoms with Gasteiger partial charge in [-0.25, -0.2) is 13.1 Å². The second-order valence-electron chi connectivity index (χ2n) is 6.75. The van der Waals surface area contributed by atoms with E-state index in [0.29, 0.717) is 17.3 Å². The van der Waals surface area contributed by atoms with Gasteiger partial charge in [-0.3, -0.25) is 5.10 Å². The maximum atomic E-state index is 12.2. The number of H-pyrrole nitrogens is 1. The van der Waals surface area contributed by atoms with Crippen LogP contribution in [0.3, 0.4) is 0 Å². The smallest absolute Gasteiger partial charge is 0.250 e. The van der Waals surface area contributed by atoms with E-state index in [1.54, 1.807) is 12.1 Å². The number of hydrogen-bond donors (Lipinski definition) is 4. The molecule has 3 aromatic rings. The molecular formula is C20H20N4O3S2. The summed E-state index contributed by atoms with van der Waals surface area (Å²) in [6.45, 7) is -0.275. The van der Waals surface area contributed by atoms with Crippen molar-refractivity contribution in [1.29, 1.82) is 0 Å². The van der Waals surface area contributed by atoms with Crippen LogP contribution in [0.2, 0.25) is 0 Å². The molecule has 9 heteroatoms. The molecule has 0 aliphatic heterocycles. The standard InChI is InChI=1S/C20H20N4O3S2/c1-2-13-3-6-15(18-7-8-20(28-18)29(26,27)21-9-10-25)11-16(13)22-19-12-17(23-24-19)14-4-5-14/h1,3,6-8,11-12,14,21,25H,4-5,9-10H2,(H2,22,23,24). The quantitative estimate of drug-likeness (QED) is 0.413. The third-order valence-electron chi connectivity index (χ3n) is 4.59. The van der Waals surface area contributed by atoms with Gasteiger partial charge in [0.1, 0.15) is 4.21 Å². The lowest BCUT2D eigenvalue weighted by Gasteiger charge is -2.08. The Bertz CT molecular complexity index is 1170. The van der Waals surface area contributed by atoms with Gasteiger partial charge >= 0.3 is 0 Å². The maximum absolute atomic E-state index is 12.2. The number of anilines is 2. The van der Waals surface area contributed by atoms with Gasteiger partial charge in [0.15, 0.2) is 5.82 Å². The summed E-state index contributed by atoms with van der Waals surface area (Å²) in [5, 5.41) is 19.5. The Kier molecular flexibility index (Phi) is 5.43. The molecule has 1 aliphatic rings. The molecule has 0 atom stereocenters. The zero-order valence-corrected chi connectivity index (χ0v) is 17.1. The number of rotatable bonds is 8. The summed E-state index contributed by atoms with van der Waals surface area (Å²) < 4.78 is 27.0. The van der Waals surface area contributed by atoms with Crippen LogP contribution in [0.25, 0.3) is 10.4 Å². The van der Waals surface area contributed by atoms with E-state index < -0.39 is 10.0 Å². The van der Waals surface area contributed by atoms with Crippen LogP contribution in [0, 0.1) is 12.3 Å². The highest BCUT2D eigenvalue weighted by Crippen LogP contribution is 2.40. The summed E-state index contributed by atoms with van der Waals surface area (Å²) in [6, 6.07) is 10.9. The second kappa shape index (κ2) is 8.00. The number of thiophene rings is 1. The van der Waals surface area contributed by atoms with Crippen LogP contribution in [-0.2, 0) is 10.0 Å². The number of aromatic nitrogens is 2. The topological polar surface area (TPSA) is 107 Å². The van der Waals surface area contributed by atoms with E-state index in [0.717, 1.165) is 33.2 Å². The molecule has 1 fully saturated rings. The molecule has 4 rings (SSSR count). The Balaban J connectivity index is 1.60. The lowest BCUT2D eigenvalue weighted by atomic mass is 10.1. The Morgan fingerprint density at radius 1 is 1.28 bits per heavy atom. The van der Waals surface area contributed by atoms with E-state index >= 15 is 0 Å². The average molecular weight is 429 g/mol. The van der Waals surface area contributed by atoms with E-state index in [1.165, 1.54) is 12.8 Å². The van der Waals surface area contributed by atoms with Gasteiger partial charge < -0.3 is 10.4 Å². The highest BCUT2D eigenvalue weighted by Gasteiger charge is 2.25. The van der Waals surface area contributed by atoms with Crippen molar-refractivity contribution in [2.75, 3.05) is 18.5 Å². The number of nitrogens with one attached hydrogen (secondary N) is 3. The summed E-state index contributed by atoms with van der Waals surface area (Å²) in [6.07, 6.45) is 8.01. The summed E-state index contributed by atoms with van der Waals surface area (Å²) >= 11 is 1.15. The number of nitrogens with zero attached hydrogens (tertiary/aromatic N) is 1. The Hall–Kier alpha value is -2.64. The highest BCUT2D eigenvalue weighted by molar-refractivity contribution is 7.91. The van der Waals surface area contributed by atoms with Gasteiger partial charge in [0.05, 0.1) is 12.3 Å². The molecule has 0 amide bonds. The highest BCUT2D eigenvalue weighted by atomic mass is 32.2. The zero-order chi connectivity index (χ0) is 20.4. The lowest BCUT2D eigenvalue weighted by Crippen LogP contribution is -2.25. The number of benzene rings is 1. The third kappa shape index (κ3) is 4.36. The van der Waals surface area contributed by atoms with Gasteiger partial charge in [-0.15, -0.1) is 17.8 Å². The molecule has 0 bridgehead atoms. The van der Waals surface area contributed by atoms with Crippen molar-refractivity contribution in [3.8, 4) is 22.8 Å². The fraction of sp³-hybridized carbons (Fsp3) is 0.250. The molecule has 1 saturated carbocycles. The molecule has 7 nitrogen and oxygen atoms in total. The van der Waals surface area contributed by atoms with E-state index in [1.807, 2.05) is 24.3 Å². The van der Waals surface area contributed by atoms with Crippen molar-refractivity contribution in [3.63, 3.8) is 0 Å². The number of terminal acetylenes is 1. The van der Waals surface area contributed by atoms with Crippen LogP contribution in [-0.4, -0.2) is 36.9 Å². The lowest BCUT2D eigenvalue weighted by molar-refractivity contribution is 0.301. The van der Waals surface area contributed by atoms with E-state index in [4.69, 9.17) is 11.5 Å². The van der Waals surface area contributed by atoms with E-state index in [9.17, 15) is 8.42 Å². The first-order valence-electron chi connectivity index (χ1n) is 9.14. The number of aromatic amines is 1. The molecule has 0 spiro atoms. The van der Waals surface area contributed by atoms with Crippen LogP contribution in [0.5, 0.6) is 0 Å². The number of sulfonamides is 1. The monoisotopic (exact) mass is 428 g/mol. The van der Waals surface area contributed by atoms with Crippen LogP contribution >= 0.6 is 11.3 Å². The first-order chi connectivity index (χ1) is 14.0. The molecule has 4 N–H and O–H groups in total. The number of aliphatic hydroxyl groups excluding tert-OH is 1. The molecular weight excluding hydrogens is 408 g/mol. The van der Waals surface area contributed by atoms with Crippen molar-refractivity contribution < 1.29 is 13.5 Å². The molecule has 150 valence electrons. The predicted octanol–water partition coefficient (Wildman–Crippen LogP) is 3.01. The molecule has 1 aromatic carbocycles. The Morgan fingerprint density at radius 3 is 2.83 bits per heavy atom. The number of hydrogen-bond acceptors (Lipinski definition) is 6. The summed E-state index contributed by atoms with van der Waals surface area (Å²) in [4.78, 5) is 0.793. The third-order valence-corrected chi connectivity index (χ3v) is 7.67. The molecule has 1 aliphatic carbocycles. The summed E-state index contributed by atoms with van der Waals surface area (Å²) in [7, 11) is -3.63. The molecule has 29 heavy (non-hydrogen) atoms. The SMILES string of the molecule is C#Cc1ccc(-c2ccc(S(=O)(=O)NCCO)s2)cc1Nc1cc(C2CC2)[nH]n1. The largest absolute Gasteiger partial charge is 0.395 e. The summed E-state index contributed by atoms with van der Waals surface area (Å²) in [5.74, 6) is 3.93. The van der Waals surface area contributed by atoms with Gasteiger partial charge in [0.2, 0.25) is 10.0 Å². The van der Waals surface area contributed by atoms with Crippen LogP contribution in [0.1, 0.15) is 30.0 Å². The van der Waals surface area contributed by atoms with Gasteiger partial charge in [-0.1, -0.05) is 12.0 Å². The fourth-order valence-electron chi connectivity index (χ4n) is 2.94. The zero-order valence-electron chi connectivity index (χ0n) is 15.5. The van der Waals surface area contributed by atoms with E-state index in [2.05, 4.69) is 26.2 Å². The van der Waals surface area contributed by atoms with Gasteiger partial charge in [0.25, 0.3) is 0 Å². The van der Waals surface area contributed by atoms with Crippen LogP contribution in [0.15, 0.2) is 40.6 Å². The maximum Gasteiger partial charge on any atom is 0.250 e. The van der Waals surface area contributed by atoms with E-state index in [-0.39, 0.29) is 17.4 Å². The van der Waals surface area contributed by atoms with Gasteiger partial charge in [0, 0.05) is 34.7 Å². The Labute approximate surface area is 173 Å². The number of aliphatic hydroxyl groups is 1. The average Bonchev–Trinajstić information content (AvgIpc) is 3.25. The van der Waals surface area contributed by atoms with Crippen molar-refractivity contribution in [1.82, 2.24) is 14.9 Å². The van der Waals surface area contributed by atoms with Gasteiger partial charge in [-0.2, -0.15) is 5.10 Å². The van der Waals surface area contributed by atoms with Crippen molar-refractivity contribution >= 4 is 32.9 Å². The minimum absolute atomic E-state index is 0.0208. The molecule has 2 heterocycles. The minimum atomic E-state index is -3.63. The molecule has 0 saturated heterocycles. The fourth-order valence-corrected chi connectivity index (χ4v) is 5.31. The first-order valence-corrected chi connectivity index (χ1v) is 11.4. The van der Waals surface area contributed by atoms with Crippen LogP contribution < -0.4 is 10.0 Å². The normalized spacial score (nSPS) is 13.9. The molecule has 0 radical (unpaired) electrons. The van der Waals surface area contributed by atoms with Crippen molar-refractivity contribution in [3.05, 3.63) is 47.7 Å². The van der Waals surface area contributed by atoms with Gasteiger partial charge in [-0.05, 0) is 42.7 Å². The summed E-state index contributed by atoms with van der Waals surface area (Å²) in [5.41, 5.74) is 3.39.